The van der Waals surface area contributed by atoms with Gasteiger partial charge >= 0.3 is 0 Å². The summed E-state index contributed by atoms with van der Waals surface area (Å²) in [6.07, 6.45) is 0.716. The number of benzene rings is 2. The first-order chi connectivity index (χ1) is 10.2. The summed E-state index contributed by atoms with van der Waals surface area (Å²) in [5.74, 6) is 2.32. The fraction of sp³-hybridized carbons (Fsp3) is 0.294. The molecule has 2 N–H and O–H groups in total. The van der Waals surface area contributed by atoms with E-state index in [2.05, 4.69) is 0 Å². The van der Waals surface area contributed by atoms with Crippen molar-refractivity contribution in [2.75, 3.05) is 21.3 Å². The SMILES string of the molecule is COc1cccc(CC(N)c2cc(OC)cc(OC)c2)c1. The molecule has 0 aromatic heterocycles. The molecule has 0 amide bonds. The Hall–Kier alpha value is -2.20. The lowest BCUT2D eigenvalue weighted by Crippen LogP contribution is -2.13. The Morgan fingerprint density at radius 2 is 1.48 bits per heavy atom. The molecule has 2 aromatic rings. The van der Waals surface area contributed by atoms with Gasteiger partial charge in [0.25, 0.3) is 0 Å². The quantitative estimate of drug-likeness (QED) is 0.887. The third-order valence-corrected chi connectivity index (χ3v) is 3.39. The first-order valence-electron chi connectivity index (χ1n) is 6.77. The zero-order valence-electron chi connectivity index (χ0n) is 12.6. The van der Waals surface area contributed by atoms with Gasteiger partial charge in [-0.25, -0.2) is 0 Å². The molecule has 0 aliphatic rings. The number of methoxy groups -OCH3 is 3. The highest BCUT2D eigenvalue weighted by Gasteiger charge is 2.11. The molecular weight excluding hydrogens is 266 g/mol. The van der Waals surface area contributed by atoms with Crippen LogP contribution in [0.1, 0.15) is 17.2 Å². The zero-order chi connectivity index (χ0) is 15.2. The van der Waals surface area contributed by atoms with Crippen molar-refractivity contribution in [3.8, 4) is 17.2 Å². The van der Waals surface area contributed by atoms with Crippen LogP contribution in [0.25, 0.3) is 0 Å². The molecule has 2 aromatic carbocycles. The van der Waals surface area contributed by atoms with Crippen LogP contribution in [-0.2, 0) is 6.42 Å². The molecule has 0 saturated heterocycles. The van der Waals surface area contributed by atoms with Crippen LogP contribution in [0, 0.1) is 0 Å². The lowest BCUT2D eigenvalue weighted by atomic mass is 9.99. The molecule has 21 heavy (non-hydrogen) atoms. The summed E-state index contributed by atoms with van der Waals surface area (Å²) >= 11 is 0. The van der Waals surface area contributed by atoms with Gasteiger partial charge in [0.15, 0.2) is 0 Å². The molecule has 0 saturated carbocycles. The van der Waals surface area contributed by atoms with Gasteiger partial charge in [-0.2, -0.15) is 0 Å². The molecule has 112 valence electrons. The second kappa shape index (κ2) is 6.99. The van der Waals surface area contributed by atoms with Crippen LogP contribution in [0.15, 0.2) is 42.5 Å². The van der Waals surface area contributed by atoms with Gasteiger partial charge in [0, 0.05) is 12.1 Å². The van der Waals surface area contributed by atoms with Crippen LogP contribution < -0.4 is 19.9 Å². The van der Waals surface area contributed by atoms with Gasteiger partial charge in [0.2, 0.25) is 0 Å². The molecule has 4 nitrogen and oxygen atoms in total. The lowest BCUT2D eigenvalue weighted by molar-refractivity contribution is 0.392. The average molecular weight is 287 g/mol. The highest BCUT2D eigenvalue weighted by Crippen LogP contribution is 2.27. The Labute approximate surface area is 125 Å². The van der Waals surface area contributed by atoms with E-state index < -0.39 is 0 Å². The summed E-state index contributed by atoms with van der Waals surface area (Å²) in [6, 6.07) is 13.5. The molecule has 2 rings (SSSR count). The van der Waals surface area contributed by atoms with Crippen LogP contribution >= 0.6 is 0 Å². The normalized spacial score (nSPS) is 11.8. The van der Waals surface area contributed by atoms with E-state index in [-0.39, 0.29) is 6.04 Å². The van der Waals surface area contributed by atoms with Crippen molar-refractivity contribution >= 4 is 0 Å². The van der Waals surface area contributed by atoms with Gasteiger partial charge < -0.3 is 19.9 Å². The van der Waals surface area contributed by atoms with Gasteiger partial charge in [-0.15, -0.1) is 0 Å². The van der Waals surface area contributed by atoms with Crippen molar-refractivity contribution in [3.63, 3.8) is 0 Å². The minimum absolute atomic E-state index is 0.138. The second-order valence-electron chi connectivity index (χ2n) is 4.81. The number of ether oxygens (including phenoxy) is 3. The Morgan fingerprint density at radius 3 is 2.05 bits per heavy atom. The topological polar surface area (TPSA) is 53.7 Å². The monoisotopic (exact) mass is 287 g/mol. The van der Waals surface area contributed by atoms with E-state index in [0.717, 1.165) is 28.4 Å². The number of hydrogen-bond acceptors (Lipinski definition) is 4. The minimum atomic E-state index is -0.138. The van der Waals surface area contributed by atoms with E-state index in [0.29, 0.717) is 6.42 Å². The zero-order valence-corrected chi connectivity index (χ0v) is 12.6. The maximum atomic E-state index is 6.31. The van der Waals surface area contributed by atoms with Crippen LogP contribution in [-0.4, -0.2) is 21.3 Å². The van der Waals surface area contributed by atoms with Crippen LogP contribution in [0.5, 0.6) is 17.2 Å². The third-order valence-electron chi connectivity index (χ3n) is 3.39. The summed E-state index contributed by atoms with van der Waals surface area (Å²) in [5.41, 5.74) is 8.42. The second-order valence-corrected chi connectivity index (χ2v) is 4.81. The van der Waals surface area contributed by atoms with Gasteiger partial charge in [0.05, 0.1) is 21.3 Å². The predicted molar refractivity (Wildman–Crippen MR) is 83.2 cm³/mol. The molecule has 4 heteroatoms. The van der Waals surface area contributed by atoms with Crippen molar-refractivity contribution in [3.05, 3.63) is 53.6 Å². The van der Waals surface area contributed by atoms with Gasteiger partial charge in [-0.1, -0.05) is 12.1 Å². The van der Waals surface area contributed by atoms with Crippen molar-refractivity contribution in [1.82, 2.24) is 0 Å². The molecule has 1 unspecified atom stereocenters. The van der Waals surface area contributed by atoms with Crippen LogP contribution in [0.3, 0.4) is 0 Å². The standard InChI is InChI=1S/C17H21NO3/c1-19-14-6-4-5-12(7-14)8-17(18)13-9-15(20-2)11-16(10-13)21-3/h4-7,9-11,17H,8,18H2,1-3H3. The maximum Gasteiger partial charge on any atom is 0.122 e. The highest BCUT2D eigenvalue weighted by atomic mass is 16.5. The highest BCUT2D eigenvalue weighted by molar-refractivity contribution is 5.40. The average Bonchev–Trinajstić information content (AvgIpc) is 2.54. The van der Waals surface area contributed by atoms with E-state index >= 15 is 0 Å². The summed E-state index contributed by atoms with van der Waals surface area (Å²) in [7, 11) is 4.92. The van der Waals surface area contributed by atoms with E-state index in [1.54, 1.807) is 21.3 Å². The Kier molecular flexibility index (Phi) is 5.06. The van der Waals surface area contributed by atoms with E-state index in [4.69, 9.17) is 19.9 Å². The third kappa shape index (κ3) is 3.89. The van der Waals surface area contributed by atoms with E-state index in [1.807, 2.05) is 42.5 Å². The van der Waals surface area contributed by atoms with Crippen molar-refractivity contribution < 1.29 is 14.2 Å². The van der Waals surface area contributed by atoms with Gasteiger partial charge in [-0.3, -0.25) is 0 Å². The largest absolute Gasteiger partial charge is 0.497 e. The Balaban J connectivity index is 2.20. The molecular formula is C17H21NO3. The minimum Gasteiger partial charge on any atom is -0.497 e. The van der Waals surface area contributed by atoms with Crippen molar-refractivity contribution in [2.45, 2.75) is 12.5 Å². The fourth-order valence-electron chi connectivity index (χ4n) is 2.21. The summed E-state index contributed by atoms with van der Waals surface area (Å²) in [5, 5.41) is 0. The molecule has 0 spiro atoms. The first kappa shape index (κ1) is 15.2. The molecule has 1 atom stereocenters. The van der Waals surface area contributed by atoms with Gasteiger partial charge in [0.1, 0.15) is 17.2 Å². The van der Waals surface area contributed by atoms with Crippen molar-refractivity contribution in [1.29, 1.82) is 0 Å². The molecule has 0 heterocycles. The molecule has 0 fully saturated rings. The first-order valence-corrected chi connectivity index (χ1v) is 6.77. The summed E-state index contributed by atoms with van der Waals surface area (Å²) < 4.78 is 15.8. The summed E-state index contributed by atoms with van der Waals surface area (Å²) in [6.45, 7) is 0. The number of rotatable bonds is 6. The summed E-state index contributed by atoms with van der Waals surface area (Å²) in [4.78, 5) is 0. The number of nitrogens with two attached hydrogens (primary N) is 1. The molecule has 0 bridgehead atoms. The van der Waals surface area contributed by atoms with E-state index in [9.17, 15) is 0 Å². The van der Waals surface area contributed by atoms with Crippen molar-refractivity contribution in [2.24, 2.45) is 5.73 Å². The van der Waals surface area contributed by atoms with E-state index in [1.165, 1.54) is 0 Å². The smallest absolute Gasteiger partial charge is 0.122 e. The fourth-order valence-corrected chi connectivity index (χ4v) is 2.21. The van der Waals surface area contributed by atoms with Crippen LogP contribution in [0.2, 0.25) is 0 Å². The van der Waals surface area contributed by atoms with Crippen LogP contribution in [0.4, 0.5) is 0 Å². The maximum absolute atomic E-state index is 6.31. The molecule has 0 radical (unpaired) electrons. The molecule has 0 aliphatic carbocycles. The van der Waals surface area contributed by atoms with Gasteiger partial charge in [-0.05, 0) is 41.8 Å². The molecule has 0 aliphatic heterocycles. The Morgan fingerprint density at radius 1 is 0.857 bits per heavy atom. The Bertz CT molecular complexity index is 576. The number of hydrogen-bond donors (Lipinski definition) is 1. The predicted octanol–water partition coefficient (Wildman–Crippen LogP) is 2.95. The lowest BCUT2D eigenvalue weighted by Gasteiger charge is -2.15.